The summed E-state index contributed by atoms with van der Waals surface area (Å²) in [6, 6.07) is 11.3. The lowest BCUT2D eigenvalue weighted by atomic mass is 10.0. The van der Waals surface area contributed by atoms with Gasteiger partial charge in [-0.1, -0.05) is 18.2 Å². The Labute approximate surface area is 186 Å². The first kappa shape index (κ1) is 22.0. The highest BCUT2D eigenvalue weighted by atomic mass is 79.9. The highest BCUT2D eigenvalue weighted by Gasteiger charge is 2.23. The van der Waals surface area contributed by atoms with Crippen molar-refractivity contribution in [2.75, 3.05) is 18.5 Å². The predicted octanol–water partition coefficient (Wildman–Crippen LogP) is 5.82. The van der Waals surface area contributed by atoms with Gasteiger partial charge in [0.25, 0.3) is 5.91 Å². The van der Waals surface area contributed by atoms with Gasteiger partial charge in [-0.05, 0) is 65.2 Å². The molecule has 0 unspecified atom stereocenters. The molecule has 0 fully saturated rings. The number of anilines is 1. The Hall–Kier alpha value is -2.71. The zero-order valence-corrected chi connectivity index (χ0v) is 18.7. The van der Waals surface area contributed by atoms with Crippen LogP contribution in [0.3, 0.4) is 0 Å². The molecule has 1 aromatic heterocycles. The van der Waals surface area contributed by atoms with E-state index in [0.29, 0.717) is 21.9 Å². The summed E-state index contributed by atoms with van der Waals surface area (Å²) in [6.45, 7) is 3.62. The lowest BCUT2D eigenvalue weighted by molar-refractivity contribution is -0.118. The van der Waals surface area contributed by atoms with E-state index in [4.69, 9.17) is 9.47 Å². The number of ether oxygens (including phenoxy) is 2. The van der Waals surface area contributed by atoms with E-state index in [2.05, 4.69) is 21.2 Å². The Morgan fingerprint density at radius 3 is 2.57 bits per heavy atom. The van der Waals surface area contributed by atoms with E-state index in [1.165, 1.54) is 23.5 Å². The maximum Gasteiger partial charge on any atom is 0.341 e. The molecule has 0 spiro atoms. The second kappa shape index (κ2) is 9.86. The largest absolute Gasteiger partial charge is 0.483 e. The van der Waals surface area contributed by atoms with Gasteiger partial charge in [-0.2, -0.15) is 0 Å². The van der Waals surface area contributed by atoms with Gasteiger partial charge in [0.1, 0.15) is 22.1 Å². The van der Waals surface area contributed by atoms with Crippen molar-refractivity contribution in [3.05, 3.63) is 69.3 Å². The number of nitrogens with one attached hydrogen (secondary N) is 1. The Morgan fingerprint density at radius 2 is 1.90 bits per heavy atom. The minimum Gasteiger partial charge on any atom is -0.483 e. The van der Waals surface area contributed by atoms with Crippen LogP contribution in [0.5, 0.6) is 5.75 Å². The van der Waals surface area contributed by atoms with Crippen LogP contribution in [0.4, 0.5) is 9.39 Å². The van der Waals surface area contributed by atoms with Crippen LogP contribution < -0.4 is 10.1 Å². The average molecular weight is 492 g/mol. The smallest absolute Gasteiger partial charge is 0.341 e. The summed E-state index contributed by atoms with van der Waals surface area (Å²) in [5, 5.41) is 4.80. The van der Waals surface area contributed by atoms with Crippen molar-refractivity contribution in [3.8, 4) is 16.9 Å². The van der Waals surface area contributed by atoms with Crippen LogP contribution in [0.2, 0.25) is 0 Å². The number of hydrogen-bond acceptors (Lipinski definition) is 5. The monoisotopic (exact) mass is 491 g/mol. The number of rotatable bonds is 7. The van der Waals surface area contributed by atoms with Gasteiger partial charge in [0.05, 0.1) is 11.1 Å². The number of amides is 1. The van der Waals surface area contributed by atoms with Crippen molar-refractivity contribution in [1.29, 1.82) is 0 Å². The van der Waals surface area contributed by atoms with Gasteiger partial charge < -0.3 is 14.8 Å². The molecular weight excluding hydrogens is 473 g/mol. The van der Waals surface area contributed by atoms with E-state index in [-0.39, 0.29) is 24.6 Å². The lowest BCUT2D eigenvalue weighted by Gasteiger charge is -2.10. The third-order valence-electron chi connectivity index (χ3n) is 4.12. The van der Waals surface area contributed by atoms with Gasteiger partial charge >= 0.3 is 5.97 Å². The first-order valence-corrected chi connectivity index (χ1v) is 10.8. The third kappa shape index (κ3) is 5.25. The standard InChI is InChI=1S/C22H19BrFNO4S/c1-3-28-22(27)20-16(14-5-7-15(24)8-6-14)12-30-21(20)25-19(26)11-29-18-9-4-13(2)10-17(18)23/h4-10,12H,3,11H2,1-2H3,(H,25,26). The Morgan fingerprint density at radius 1 is 1.17 bits per heavy atom. The van der Waals surface area contributed by atoms with Crippen LogP contribution in [-0.4, -0.2) is 25.1 Å². The van der Waals surface area contributed by atoms with Gasteiger partial charge in [0.15, 0.2) is 6.61 Å². The molecule has 5 nitrogen and oxygen atoms in total. The molecule has 1 heterocycles. The van der Waals surface area contributed by atoms with Crippen molar-refractivity contribution in [2.24, 2.45) is 0 Å². The van der Waals surface area contributed by atoms with Gasteiger partial charge in [0, 0.05) is 10.9 Å². The van der Waals surface area contributed by atoms with E-state index in [0.717, 1.165) is 10.0 Å². The van der Waals surface area contributed by atoms with Crippen LogP contribution in [0.25, 0.3) is 11.1 Å². The summed E-state index contributed by atoms with van der Waals surface area (Å²) >= 11 is 4.60. The Kier molecular flexibility index (Phi) is 7.23. The first-order valence-electron chi connectivity index (χ1n) is 9.12. The summed E-state index contributed by atoms with van der Waals surface area (Å²) in [5.74, 6) is -0.810. The molecule has 0 saturated carbocycles. The normalized spacial score (nSPS) is 10.5. The molecule has 0 saturated heterocycles. The maximum atomic E-state index is 13.3. The van der Waals surface area contributed by atoms with E-state index < -0.39 is 11.9 Å². The topological polar surface area (TPSA) is 64.6 Å². The second-order valence-corrected chi connectivity index (χ2v) is 8.09. The fourth-order valence-corrected chi connectivity index (χ4v) is 4.31. The summed E-state index contributed by atoms with van der Waals surface area (Å²) in [7, 11) is 0. The van der Waals surface area contributed by atoms with E-state index in [1.807, 2.05) is 19.1 Å². The van der Waals surface area contributed by atoms with Crippen LogP contribution in [0, 0.1) is 12.7 Å². The minimum atomic E-state index is -0.560. The van der Waals surface area contributed by atoms with Gasteiger partial charge in [-0.15, -0.1) is 11.3 Å². The summed E-state index contributed by atoms with van der Waals surface area (Å²) in [4.78, 5) is 25.0. The molecule has 0 atom stereocenters. The highest BCUT2D eigenvalue weighted by Crippen LogP contribution is 2.36. The third-order valence-corrected chi connectivity index (χ3v) is 5.64. The fraction of sp³-hybridized carbons (Fsp3) is 0.182. The van der Waals surface area contributed by atoms with Crippen molar-refractivity contribution < 1.29 is 23.5 Å². The predicted molar refractivity (Wildman–Crippen MR) is 119 cm³/mol. The number of halogens is 2. The molecule has 2 aromatic carbocycles. The Bertz CT molecular complexity index is 1070. The van der Waals surface area contributed by atoms with E-state index in [9.17, 15) is 14.0 Å². The average Bonchev–Trinajstić information content (AvgIpc) is 3.11. The van der Waals surface area contributed by atoms with Crippen LogP contribution >= 0.6 is 27.3 Å². The SMILES string of the molecule is CCOC(=O)c1c(-c2ccc(F)cc2)csc1NC(=O)COc1ccc(C)cc1Br. The summed E-state index contributed by atoms with van der Waals surface area (Å²) in [6.07, 6.45) is 0. The molecule has 1 amide bonds. The van der Waals surface area contributed by atoms with Crippen LogP contribution in [-0.2, 0) is 9.53 Å². The summed E-state index contributed by atoms with van der Waals surface area (Å²) < 4.78 is 24.7. The lowest BCUT2D eigenvalue weighted by Crippen LogP contribution is -2.21. The molecule has 3 rings (SSSR count). The van der Waals surface area contributed by atoms with Crippen LogP contribution in [0.15, 0.2) is 52.3 Å². The number of hydrogen-bond donors (Lipinski definition) is 1. The fourth-order valence-electron chi connectivity index (χ4n) is 2.73. The molecule has 0 aliphatic carbocycles. The molecule has 8 heteroatoms. The van der Waals surface area contributed by atoms with Crippen molar-refractivity contribution in [2.45, 2.75) is 13.8 Å². The van der Waals surface area contributed by atoms with E-state index >= 15 is 0 Å². The van der Waals surface area contributed by atoms with Gasteiger partial charge in [0.2, 0.25) is 0 Å². The quantitative estimate of drug-likeness (QED) is 0.423. The minimum absolute atomic E-state index is 0.190. The molecule has 0 aliphatic rings. The Balaban J connectivity index is 1.79. The molecule has 0 bridgehead atoms. The second-order valence-electron chi connectivity index (χ2n) is 6.35. The number of thiophene rings is 1. The first-order chi connectivity index (χ1) is 14.4. The number of carbonyl (C=O) groups is 2. The molecule has 3 aromatic rings. The zero-order valence-electron chi connectivity index (χ0n) is 16.3. The van der Waals surface area contributed by atoms with Crippen LogP contribution in [0.1, 0.15) is 22.8 Å². The molecule has 0 radical (unpaired) electrons. The molecular formula is C22H19BrFNO4S. The van der Waals surface area contributed by atoms with Gasteiger partial charge in [-0.3, -0.25) is 4.79 Å². The van der Waals surface area contributed by atoms with Crippen molar-refractivity contribution in [1.82, 2.24) is 0 Å². The van der Waals surface area contributed by atoms with Crippen molar-refractivity contribution in [3.63, 3.8) is 0 Å². The molecule has 156 valence electrons. The van der Waals surface area contributed by atoms with Gasteiger partial charge in [-0.25, -0.2) is 9.18 Å². The number of benzene rings is 2. The van der Waals surface area contributed by atoms with Crippen molar-refractivity contribution >= 4 is 44.1 Å². The number of aryl methyl sites for hydroxylation is 1. The number of carbonyl (C=O) groups excluding carboxylic acids is 2. The molecule has 0 aliphatic heterocycles. The molecule has 1 N–H and O–H groups in total. The molecule has 30 heavy (non-hydrogen) atoms. The maximum absolute atomic E-state index is 13.3. The number of esters is 1. The zero-order chi connectivity index (χ0) is 21.7. The highest BCUT2D eigenvalue weighted by molar-refractivity contribution is 9.10. The van der Waals surface area contributed by atoms with E-state index in [1.54, 1.807) is 30.5 Å². The summed E-state index contributed by atoms with van der Waals surface area (Å²) in [5.41, 5.74) is 2.51.